The van der Waals surface area contributed by atoms with E-state index in [1.54, 1.807) is 16.7 Å². The van der Waals surface area contributed by atoms with E-state index >= 15 is 0 Å². The average Bonchev–Trinajstić information content (AvgIpc) is 2.78. The van der Waals surface area contributed by atoms with Crippen molar-refractivity contribution in [3.8, 4) is 0 Å². The van der Waals surface area contributed by atoms with Gasteiger partial charge in [0.1, 0.15) is 6.61 Å². The summed E-state index contributed by atoms with van der Waals surface area (Å²) in [6, 6.07) is 19.1. The zero-order valence-corrected chi connectivity index (χ0v) is 17.1. The number of nitrogens with one attached hydrogen (secondary N) is 1. The molecule has 0 spiro atoms. The number of thioether (sulfide) groups is 1. The normalized spacial score (nSPS) is 14.8. The molecule has 0 radical (unpaired) electrons. The zero-order valence-electron chi connectivity index (χ0n) is 16.3. The van der Waals surface area contributed by atoms with Gasteiger partial charge in [0.25, 0.3) is 0 Å². The zero-order chi connectivity index (χ0) is 20.3. The molecule has 1 saturated heterocycles. The first-order valence-corrected chi connectivity index (χ1v) is 10.7. The van der Waals surface area contributed by atoms with E-state index in [1.807, 2.05) is 60.7 Å². The molecule has 0 unspecified atom stereocenters. The third-order valence-corrected chi connectivity index (χ3v) is 5.69. The van der Waals surface area contributed by atoms with Crippen LogP contribution in [0.2, 0.25) is 0 Å². The van der Waals surface area contributed by atoms with Crippen molar-refractivity contribution in [1.29, 1.82) is 0 Å². The van der Waals surface area contributed by atoms with E-state index in [0.717, 1.165) is 10.5 Å². The number of carbonyl (C=O) groups excluding carboxylic acids is 2. The number of hydrogen-bond acceptors (Lipinski definition) is 5. The SMILES string of the molecule is O=C(N[C@H](CSc1ccccc1)CC(=O)N1CCOCC1)OCc1ccccc1. The lowest BCUT2D eigenvalue weighted by Crippen LogP contribution is -2.45. The molecule has 2 amide bonds. The highest BCUT2D eigenvalue weighted by atomic mass is 32.2. The molecule has 1 atom stereocenters. The number of amides is 2. The summed E-state index contributed by atoms with van der Waals surface area (Å²) in [4.78, 5) is 27.8. The van der Waals surface area contributed by atoms with E-state index in [-0.39, 0.29) is 25.0 Å². The summed E-state index contributed by atoms with van der Waals surface area (Å²) in [6.45, 7) is 2.50. The first-order chi connectivity index (χ1) is 14.2. The molecular weight excluding hydrogens is 388 g/mol. The maximum absolute atomic E-state index is 12.6. The molecule has 1 heterocycles. The van der Waals surface area contributed by atoms with Crippen LogP contribution in [0.4, 0.5) is 4.79 Å². The Morgan fingerprint density at radius 1 is 1.03 bits per heavy atom. The number of hydrogen-bond donors (Lipinski definition) is 1. The lowest BCUT2D eigenvalue weighted by Gasteiger charge is -2.28. The Kier molecular flexibility index (Phi) is 8.40. The molecule has 154 valence electrons. The molecule has 7 heteroatoms. The third-order valence-electron chi connectivity index (χ3n) is 4.51. The summed E-state index contributed by atoms with van der Waals surface area (Å²) in [5, 5.41) is 2.87. The summed E-state index contributed by atoms with van der Waals surface area (Å²) in [5.74, 6) is 0.607. The first kappa shape index (κ1) is 21.2. The highest BCUT2D eigenvalue weighted by Gasteiger charge is 2.23. The van der Waals surface area contributed by atoms with Crippen molar-refractivity contribution in [3.05, 3.63) is 66.2 Å². The van der Waals surface area contributed by atoms with Gasteiger partial charge in [0.15, 0.2) is 0 Å². The highest BCUT2D eigenvalue weighted by Crippen LogP contribution is 2.19. The molecule has 1 aliphatic heterocycles. The van der Waals surface area contributed by atoms with Crippen LogP contribution < -0.4 is 5.32 Å². The molecular formula is C22H26N2O4S. The van der Waals surface area contributed by atoms with Gasteiger partial charge in [-0.15, -0.1) is 11.8 Å². The fourth-order valence-electron chi connectivity index (χ4n) is 2.95. The van der Waals surface area contributed by atoms with Gasteiger partial charge in [-0.3, -0.25) is 4.79 Å². The van der Waals surface area contributed by atoms with Crippen LogP contribution in [0, 0.1) is 0 Å². The fraction of sp³-hybridized carbons (Fsp3) is 0.364. The predicted octanol–water partition coefficient (Wildman–Crippen LogP) is 3.32. The standard InChI is InChI=1S/C22H26N2O4S/c25-21(24-11-13-27-14-12-24)15-19(17-29-20-9-5-2-6-10-20)23-22(26)28-16-18-7-3-1-4-8-18/h1-10,19H,11-17H2,(H,23,26)/t19-/m0/s1. The Hall–Kier alpha value is -2.51. The molecule has 2 aromatic carbocycles. The van der Waals surface area contributed by atoms with Crippen molar-refractivity contribution in [2.24, 2.45) is 0 Å². The Labute approximate surface area is 175 Å². The van der Waals surface area contributed by atoms with Crippen LogP contribution >= 0.6 is 11.8 Å². The van der Waals surface area contributed by atoms with Crippen molar-refractivity contribution < 1.29 is 19.1 Å². The van der Waals surface area contributed by atoms with Gasteiger partial charge in [0.2, 0.25) is 5.91 Å². The largest absolute Gasteiger partial charge is 0.445 e. The molecule has 0 bridgehead atoms. The molecule has 29 heavy (non-hydrogen) atoms. The third kappa shape index (κ3) is 7.44. The summed E-state index contributed by atoms with van der Waals surface area (Å²) >= 11 is 1.61. The lowest BCUT2D eigenvalue weighted by molar-refractivity contribution is -0.135. The van der Waals surface area contributed by atoms with Crippen molar-refractivity contribution in [2.75, 3.05) is 32.1 Å². The highest BCUT2D eigenvalue weighted by molar-refractivity contribution is 7.99. The minimum atomic E-state index is -0.512. The van der Waals surface area contributed by atoms with Gasteiger partial charge in [0, 0.05) is 30.2 Å². The van der Waals surface area contributed by atoms with Crippen LogP contribution in [0.15, 0.2) is 65.6 Å². The van der Waals surface area contributed by atoms with Gasteiger partial charge in [-0.1, -0.05) is 48.5 Å². The first-order valence-electron chi connectivity index (χ1n) is 9.71. The Bertz CT molecular complexity index is 767. The maximum atomic E-state index is 12.6. The quantitative estimate of drug-likeness (QED) is 0.671. The fourth-order valence-corrected chi connectivity index (χ4v) is 3.89. The molecule has 1 fully saturated rings. The number of ether oxygens (including phenoxy) is 2. The van der Waals surface area contributed by atoms with Crippen LogP contribution in [0.25, 0.3) is 0 Å². The molecule has 0 aliphatic carbocycles. The summed E-state index contributed by atoms with van der Waals surface area (Å²) in [7, 11) is 0. The van der Waals surface area contributed by atoms with E-state index < -0.39 is 6.09 Å². The van der Waals surface area contributed by atoms with Crippen LogP contribution in [-0.2, 0) is 20.9 Å². The minimum Gasteiger partial charge on any atom is -0.445 e. The number of morpholine rings is 1. The number of benzene rings is 2. The molecule has 2 aromatic rings. The second-order valence-corrected chi connectivity index (χ2v) is 7.82. The molecule has 1 aliphatic rings. The summed E-state index contributed by atoms with van der Waals surface area (Å²) in [5.41, 5.74) is 0.919. The van der Waals surface area contributed by atoms with Crippen molar-refractivity contribution >= 4 is 23.8 Å². The smallest absolute Gasteiger partial charge is 0.407 e. The number of rotatable bonds is 8. The van der Waals surface area contributed by atoms with Gasteiger partial charge in [-0.2, -0.15) is 0 Å². The Morgan fingerprint density at radius 2 is 1.69 bits per heavy atom. The topological polar surface area (TPSA) is 67.9 Å². The number of alkyl carbamates (subject to hydrolysis) is 1. The Balaban J connectivity index is 1.54. The van der Waals surface area contributed by atoms with Gasteiger partial charge in [0.05, 0.1) is 19.3 Å². The van der Waals surface area contributed by atoms with Crippen molar-refractivity contribution in [1.82, 2.24) is 10.2 Å². The summed E-state index contributed by atoms with van der Waals surface area (Å²) < 4.78 is 10.6. The van der Waals surface area contributed by atoms with E-state index in [1.165, 1.54) is 0 Å². The van der Waals surface area contributed by atoms with Gasteiger partial charge < -0.3 is 19.7 Å². The van der Waals surface area contributed by atoms with Crippen LogP contribution in [0.1, 0.15) is 12.0 Å². The average molecular weight is 415 g/mol. The molecule has 0 saturated carbocycles. The van der Waals surface area contributed by atoms with Crippen LogP contribution in [0.3, 0.4) is 0 Å². The van der Waals surface area contributed by atoms with E-state index in [9.17, 15) is 9.59 Å². The van der Waals surface area contributed by atoms with Crippen molar-refractivity contribution in [2.45, 2.75) is 24.0 Å². The van der Waals surface area contributed by atoms with Gasteiger partial charge in [-0.25, -0.2) is 4.79 Å². The minimum absolute atomic E-state index is 0.0234. The van der Waals surface area contributed by atoms with Crippen LogP contribution in [0.5, 0.6) is 0 Å². The molecule has 3 rings (SSSR count). The summed E-state index contributed by atoms with van der Waals surface area (Å²) in [6.07, 6.45) is -0.275. The molecule has 1 N–H and O–H groups in total. The number of carbonyl (C=O) groups is 2. The van der Waals surface area contributed by atoms with E-state index in [0.29, 0.717) is 32.1 Å². The Morgan fingerprint density at radius 3 is 2.38 bits per heavy atom. The lowest BCUT2D eigenvalue weighted by atomic mass is 10.2. The second kappa shape index (κ2) is 11.5. The number of nitrogens with zero attached hydrogens (tertiary/aromatic N) is 1. The second-order valence-electron chi connectivity index (χ2n) is 6.72. The van der Waals surface area contributed by atoms with Gasteiger partial charge in [-0.05, 0) is 17.7 Å². The van der Waals surface area contributed by atoms with E-state index in [2.05, 4.69) is 5.32 Å². The monoisotopic (exact) mass is 414 g/mol. The van der Waals surface area contributed by atoms with Crippen molar-refractivity contribution in [3.63, 3.8) is 0 Å². The maximum Gasteiger partial charge on any atom is 0.407 e. The molecule has 6 nitrogen and oxygen atoms in total. The molecule has 0 aromatic heterocycles. The van der Waals surface area contributed by atoms with Crippen LogP contribution in [-0.4, -0.2) is 55.0 Å². The van der Waals surface area contributed by atoms with Gasteiger partial charge >= 0.3 is 6.09 Å². The van der Waals surface area contributed by atoms with E-state index in [4.69, 9.17) is 9.47 Å². The predicted molar refractivity (Wildman–Crippen MR) is 113 cm³/mol.